The van der Waals surface area contributed by atoms with Crippen LogP contribution in [0.15, 0.2) is 84.0 Å². The van der Waals surface area contributed by atoms with Crippen LogP contribution in [0.3, 0.4) is 0 Å². The summed E-state index contributed by atoms with van der Waals surface area (Å²) < 4.78 is 27.0. The smallest absolute Gasteiger partial charge is 0.343 e. The van der Waals surface area contributed by atoms with E-state index in [0.717, 1.165) is 10.8 Å². The third kappa shape index (κ3) is 6.19. The molecule has 0 aromatic heterocycles. The highest BCUT2D eigenvalue weighted by molar-refractivity contribution is 5.93. The molecule has 9 nitrogen and oxygen atoms in total. The number of carbonyl (C=O) groups excluding carboxylic acids is 2. The number of esters is 1. The van der Waals surface area contributed by atoms with E-state index in [1.807, 2.05) is 42.5 Å². The summed E-state index contributed by atoms with van der Waals surface area (Å²) in [7, 11) is 4.40. The first kappa shape index (κ1) is 26.0. The minimum atomic E-state index is -0.614. The fourth-order valence-electron chi connectivity index (χ4n) is 3.70. The Bertz CT molecular complexity index is 1450. The van der Waals surface area contributed by atoms with Gasteiger partial charge in [0, 0.05) is 5.39 Å². The highest BCUT2D eigenvalue weighted by atomic mass is 16.5. The van der Waals surface area contributed by atoms with E-state index in [4.69, 9.17) is 23.7 Å². The molecule has 0 fully saturated rings. The van der Waals surface area contributed by atoms with Crippen LogP contribution in [0.2, 0.25) is 0 Å². The molecule has 0 aliphatic carbocycles. The van der Waals surface area contributed by atoms with Gasteiger partial charge in [-0.3, -0.25) is 4.79 Å². The summed E-state index contributed by atoms with van der Waals surface area (Å²) in [6.45, 7) is -0.197. The van der Waals surface area contributed by atoms with Gasteiger partial charge in [0.2, 0.25) is 5.75 Å². The number of hydrazone groups is 1. The van der Waals surface area contributed by atoms with Gasteiger partial charge in [0.1, 0.15) is 11.5 Å². The maximum atomic E-state index is 12.8. The highest BCUT2D eigenvalue weighted by Gasteiger charge is 2.18. The van der Waals surface area contributed by atoms with Crippen LogP contribution in [-0.4, -0.2) is 46.0 Å². The van der Waals surface area contributed by atoms with Crippen molar-refractivity contribution in [3.05, 3.63) is 90.0 Å². The number of hydrogen-bond acceptors (Lipinski definition) is 8. The minimum Gasteiger partial charge on any atom is -0.493 e. The van der Waals surface area contributed by atoms with Gasteiger partial charge in [-0.1, -0.05) is 48.5 Å². The molecule has 1 N–H and O–H groups in total. The second-order valence-corrected chi connectivity index (χ2v) is 7.94. The van der Waals surface area contributed by atoms with Gasteiger partial charge >= 0.3 is 5.97 Å². The van der Waals surface area contributed by atoms with Crippen molar-refractivity contribution in [2.24, 2.45) is 5.10 Å². The third-order valence-corrected chi connectivity index (χ3v) is 5.48. The molecule has 0 saturated heterocycles. The zero-order valence-corrected chi connectivity index (χ0v) is 21.1. The fourth-order valence-corrected chi connectivity index (χ4v) is 3.70. The van der Waals surface area contributed by atoms with Crippen molar-refractivity contribution in [3.8, 4) is 28.7 Å². The van der Waals surface area contributed by atoms with Crippen LogP contribution in [0.25, 0.3) is 10.8 Å². The lowest BCUT2D eigenvalue weighted by molar-refractivity contribution is -0.123. The summed E-state index contributed by atoms with van der Waals surface area (Å²) in [6, 6.07) is 23.1. The predicted octanol–water partition coefficient (Wildman–Crippen LogP) is 4.61. The van der Waals surface area contributed by atoms with Crippen molar-refractivity contribution in [1.82, 2.24) is 5.43 Å². The zero-order valence-electron chi connectivity index (χ0n) is 21.1. The molecule has 0 bridgehead atoms. The Hall–Kier alpha value is -5.05. The molecule has 4 rings (SSSR count). The summed E-state index contributed by atoms with van der Waals surface area (Å²) in [5, 5.41) is 5.91. The average molecular weight is 515 g/mol. The molecule has 0 unspecified atom stereocenters. The van der Waals surface area contributed by atoms with E-state index in [1.165, 1.54) is 39.7 Å². The van der Waals surface area contributed by atoms with E-state index in [-0.39, 0.29) is 12.2 Å². The van der Waals surface area contributed by atoms with Crippen LogP contribution in [0.5, 0.6) is 28.7 Å². The number of ether oxygens (including phenoxy) is 5. The monoisotopic (exact) mass is 514 g/mol. The Kier molecular flexibility index (Phi) is 8.40. The Labute approximate surface area is 219 Å². The van der Waals surface area contributed by atoms with E-state index < -0.39 is 11.9 Å². The Morgan fingerprint density at radius 2 is 1.53 bits per heavy atom. The number of fused-ring (bicyclic) bond motifs is 1. The normalized spacial score (nSPS) is 10.7. The first-order valence-corrected chi connectivity index (χ1v) is 11.6. The molecular weight excluding hydrogens is 488 g/mol. The van der Waals surface area contributed by atoms with E-state index >= 15 is 0 Å². The van der Waals surface area contributed by atoms with Crippen molar-refractivity contribution >= 4 is 28.9 Å². The second kappa shape index (κ2) is 12.3. The van der Waals surface area contributed by atoms with Crippen LogP contribution in [0.4, 0.5) is 0 Å². The van der Waals surface area contributed by atoms with Crippen LogP contribution in [0.1, 0.15) is 15.9 Å². The van der Waals surface area contributed by atoms with Crippen LogP contribution in [0, 0.1) is 0 Å². The molecule has 4 aromatic rings. The number of rotatable bonds is 10. The Balaban J connectivity index is 1.36. The second-order valence-electron chi connectivity index (χ2n) is 7.94. The molecule has 194 valence electrons. The zero-order chi connectivity index (χ0) is 26.9. The van der Waals surface area contributed by atoms with E-state index in [0.29, 0.717) is 34.3 Å². The largest absolute Gasteiger partial charge is 0.493 e. The number of methoxy groups -OCH3 is 3. The summed E-state index contributed by atoms with van der Waals surface area (Å²) in [4.78, 5) is 25.0. The molecule has 1 amide bonds. The number of hydrogen-bond donors (Lipinski definition) is 1. The summed E-state index contributed by atoms with van der Waals surface area (Å²) in [6.07, 6.45) is 1.44. The van der Waals surface area contributed by atoms with Gasteiger partial charge in [-0.2, -0.15) is 5.10 Å². The number of nitrogens with zero attached hydrogens (tertiary/aromatic N) is 1. The number of benzene rings is 4. The molecule has 0 heterocycles. The van der Waals surface area contributed by atoms with Crippen LogP contribution in [-0.2, 0) is 4.79 Å². The van der Waals surface area contributed by atoms with Gasteiger partial charge in [0.25, 0.3) is 5.91 Å². The van der Waals surface area contributed by atoms with Crippen molar-refractivity contribution in [1.29, 1.82) is 0 Å². The molecule has 4 aromatic carbocycles. The van der Waals surface area contributed by atoms with Crippen LogP contribution < -0.4 is 29.1 Å². The molecule has 0 spiro atoms. The lowest BCUT2D eigenvalue weighted by Gasteiger charge is -2.13. The van der Waals surface area contributed by atoms with Gasteiger partial charge in [-0.25, -0.2) is 10.2 Å². The summed E-state index contributed by atoms with van der Waals surface area (Å²) >= 11 is 0. The van der Waals surface area contributed by atoms with Gasteiger partial charge in [0.05, 0.1) is 33.1 Å². The average Bonchev–Trinajstić information content (AvgIpc) is 2.95. The first-order valence-electron chi connectivity index (χ1n) is 11.6. The number of nitrogens with one attached hydrogen (secondary N) is 1. The van der Waals surface area contributed by atoms with E-state index in [9.17, 15) is 9.59 Å². The molecular formula is C29H26N2O7. The van der Waals surface area contributed by atoms with E-state index in [1.54, 1.807) is 24.3 Å². The Morgan fingerprint density at radius 3 is 2.26 bits per heavy atom. The van der Waals surface area contributed by atoms with Crippen molar-refractivity contribution in [3.63, 3.8) is 0 Å². The lowest BCUT2D eigenvalue weighted by Crippen LogP contribution is -2.24. The minimum absolute atomic E-state index is 0.197. The first-order chi connectivity index (χ1) is 18.5. The topological polar surface area (TPSA) is 105 Å². The van der Waals surface area contributed by atoms with E-state index in [2.05, 4.69) is 10.5 Å². The van der Waals surface area contributed by atoms with Gasteiger partial charge in [-0.05, 0) is 41.3 Å². The Morgan fingerprint density at radius 1 is 0.816 bits per heavy atom. The molecule has 9 heteroatoms. The third-order valence-electron chi connectivity index (χ3n) is 5.48. The molecule has 38 heavy (non-hydrogen) atoms. The maximum Gasteiger partial charge on any atom is 0.343 e. The summed E-state index contributed by atoms with van der Waals surface area (Å²) in [5.74, 6) is 0.910. The van der Waals surface area contributed by atoms with Crippen molar-refractivity contribution in [2.45, 2.75) is 0 Å². The number of carbonyl (C=O) groups is 2. The fraction of sp³-hybridized carbons (Fsp3) is 0.138. The van der Waals surface area contributed by atoms with Crippen molar-refractivity contribution in [2.75, 3.05) is 27.9 Å². The molecule has 0 saturated carbocycles. The SMILES string of the molecule is COc1cc(C(=O)Oc2cccc(/C=N/NC(=O)COc3cccc4ccccc34)c2)cc(OC)c1OC. The highest BCUT2D eigenvalue weighted by Crippen LogP contribution is 2.38. The summed E-state index contributed by atoms with van der Waals surface area (Å²) in [5.41, 5.74) is 3.26. The standard InChI is InChI=1S/C29H26N2O7/c1-34-25-15-21(16-26(35-2)28(25)36-3)29(33)38-22-11-6-8-19(14-22)17-30-31-27(32)18-37-24-13-7-10-20-9-4-5-12-23(20)24/h4-17H,18H2,1-3H3,(H,31,32)/b30-17+. The molecule has 0 aliphatic rings. The van der Waals surface area contributed by atoms with Gasteiger partial charge in [-0.15, -0.1) is 0 Å². The molecule has 0 atom stereocenters. The number of amides is 1. The van der Waals surface area contributed by atoms with Gasteiger partial charge in [0.15, 0.2) is 18.1 Å². The lowest BCUT2D eigenvalue weighted by atomic mass is 10.1. The molecule has 0 aliphatic heterocycles. The predicted molar refractivity (Wildman–Crippen MR) is 143 cm³/mol. The maximum absolute atomic E-state index is 12.8. The van der Waals surface area contributed by atoms with Crippen molar-refractivity contribution < 1.29 is 33.3 Å². The van der Waals surface area contributed by atoms with Crippen LogP contribution >= 0.6 is 0 Å². The molecule has 0 radical (unpaired) electrons. The quantitative estimate of drug-likeness (QED) is 0.143. The van der Waals surface area contributed by atoms with Gasteiger partial charge < -0.3 is 23.7 Å².